The van der Waals surface area contributed by atoms with Gasteiger partial charge in [0, 0.05) is 36.2 Å². The van der Waals surface area contributed by atoms with Crippen molar-refractivity contribution in [1.29, 1.82) is 0 Å². The Kier molecular flexibility index (Phi) is 7.09. The zero-order valence-corrected chi connectivity index (χ0v) is 15.8. The van der Waals surface area contributed by atoms with Crippen LogP contribution in [0, 0.1) is 23.4 Å². The minimum absolute atomic E-state index is 0. The fraction of sp³-hybridized carbons (Fsp3) is 0.600. The minimum Gasteiger partial charge on any atom is -0.224 e. The van der Waals surface area contributed by atoms with Gasteiger partial charge in [-0.25, -0.2) is 9.36 Å². The summed E-state index contributed by atoms with van der Waals surface area (Å²) in [6, 6.07) is 0. The third-order valence-electron chi connectivity index (χ3n) is 2.99. The molecule has 111 valence electrons. The number of aromatic nitrogens is 6. The quantitative estimate of drug-likeness (QED) is 0.141. The molecule has 2 heterocycles. The number of hydrogen-bond acceptors (Lipinski definition) is 0. The molecule has 2 rings (SSSR count). The van der Waals surface area contributed by atoms with Gasteiger partial charge in [0.1, 0.15) is 0 Å². The average Bonchev–Trinajstić information content (AvgIpc) is 2.66. The molecule has 9 heteroatoms. The summed E-state index contributed by atoms with van der Waals surface area (Å²) in [6.45, 7) is 3.99. The second-order valence-corrected chi connectivity index (χ2v) is 4.86. The Labute approximate surface area is 138 Å². The zero-order valence-electron chi connectivity index (χ0n) is 11.9. The summed E-state index contributed by atoms with van der Waals surface area (Å²) in [5.41, 5.74) is 0. The van der Waals surface area contributed by atoms with Crippen molar-refractivity contribution in [2.45, 2.75) is 13.8 Å². The van der Waals surface area contributed by atoms with Crippen molar-refractivity contribution >= 4 is 24.4 Å². The van der Waals surface area contributed by atoms with Crippen LogP contribution in [0.15, 0.2) is 0 Å². The van der Waals surface area contributed by atoms with Crippen molar-refractivity contribution in [3.8, 4) is 0 Å². The van der Waals surface area contributed by atoms with Crippen LogP contribution in [-0.2, 0) is 75.0 Å². The van der Waals surface area contributed by atoms with E-state index in [0.29, 0.717) is 0 Å². The maximum absolute atomic E-state index is 4.12. The first-order valence-electron chi connectivity index (χ1n) is 5.42. The van der Waals surface area contributed by atoms with E-state index in [1.54, 1.807) is 9.36 Å². The summed E-state index contributed by atoms with van der Waals surface area (Å²) in [6.07, 6.45) is 0. The van der Waals surface area contributed by atoms with Gasteiger partial charge < -0.3 is 0 Å². The number of rotatable bonds is 0. The molecule has 0 fully saturated rings. The van der Waals surface area contributed by atoms with Gasteiger partial charge in [0.2, 0.25) is 24.4 Å². The molecule has 0 aliphatic rings. The van der Waals surface area contributed by atoms with E-state index in [2.05, 4.69) is 34.6 Å². The van der Waals surface area contributed by atoms with E-state index >= 15 is 0 Å². The molecule has 19 heavy (non-hydrogen) atoms. The van der Waals surface area contributed by atoms with Crippen LogP contribution in [0.1, 0.15) is 11.6 Å². The second-order valence-electron chi connectivity index (χ2n) is 4.06. The molecular weight excluding hydrogens is 465 g/mol. The van der Waals surface area contributed by atoms with Crippen molar-refractivity contribution in [3.63, 3.8) is 0 Å². The Hall–Kier alpha value is -0.540. The van der Waals surface area contributed by atoms with Gasteiger partial charge in [0.05, 0.1) is 28.2 Å². The first-order valence-corrected chi connectivity index (χ1v) is 6.32. The van der Waals surface area contributed by atoms with Gasteiger partial charge in [-0.2, -0.15) is 19.3 Å². The summed E-state index contributed by atoms with van der Waals surface area (Å²) in [7, 11) is 7.67. The van der Waals surface area contributed by atoms with Gasteiger partial charge in [-0.1, -0.05) is 0 Å². The Morgan fingerprint density at radius 1 is 0.842 bits per heavy atom. The van der Waals surface area contributed by atoms with Crippen LogP contribution in [0.3, 0.4) is 0 Å². The van der Waals surface area contributed by atoms with Crippen molar-refractivity contribution in [3.05, 3.63) is 21.2 Å². The van der Waals surface area contributed by atoms with Crippen molar-refractivity contribution in [1.82, 2.24) is 19.3 Å². The largest absolute Gasteiger partial charge is 0.410 e. The van der Waals surface area contributed by atoms with E-state index in [-0.39, 0.29) is 22.4 Å². The first-order chi connectivity index (χ1) is 8.25. The van der Waals surface area contributed by atoms with Crippen LogP contribution >= 0.6 is 0 Å². The fourth-order valence-corrected chi connectivity index (χ4v) is 1.83. The first kappa shape index (κ1) is 18.5. The number of thiol groups is 2. The monoisotopic (exact) mass is 485 g/mol. The number of nitrogens with zero attached hydrogens (tertiary/aromatic N) is 6. The summed E-state index contributed by atoms with van der Waals surface area (Å²) in [5.74, 6) is 2.19. The molecule has 0 aliphatic heterocycles. The van der Waals surface area contributed by atoms with Gasteiger partial charge in [-0.15, -0.1) is 0 Å². The molecular formula is C10H20AuN6S2+2. The van der Waals surface area contributed by atoms with Crippen molar-refractivity contribution in [2.24, 2.45) is 28.2 Å². The normalized spacial score (nSPS) is 9.58. The Bertz CT molecular complexity index is 604. The van der Waals surface area contributed by atoms with E-state index in [1.165, 1.54) is 0 Å². The van der Waals surface area contributed by atoms with Crippen molar-refractivity contribution in [2.75, 3.05) is 0 Å². The van der Waals surface area contributed by atoms with Crippen LogP contribution < -0.4 is 19.6 Å². The van der Waals surface area contributed by atoms with Gasteiger partial charge in [0.25, 0.3) is 11.6 Å². The molecule has 0 amide bonds. The predicted molar refractivity (Wildman–Crippen MR) is 73.3 cm³/mol. The Balaban J connectivity index is 0.000000324. The molecule has 6 nitrogen and oxygen atoms in total. The summed E-state index contributed by atoms with van der Waals surface area (Å²) >= 11 is 8.24. The maximum atomic E-state index is 4.12. The third-order valence-corrected chi connectivity index (χ3v) is 3.77. The maximum Gasteiger partial charge on any atom is 0.410 e. The molecule has 0 N–H and O–H groups in total. The van der Waals surface area contributed by atoms with Crippen LogP contribution in [0.25, 0.3) is 0 Å². The molecule has 0 spiro atoms. The van der Waals surface area contributed by atoms with E-state index in [1.807, 2.05) is 51.2 Å². The fourth-order valence-electron chi connectivity index (χ4n) is 1.27. The Morgan fingerprint density at radius 2 is 1.11 bits per heavy atom. The topological polar surface area (TPSA) is 45.8 Å². The SMILES string of the molecule is Cc1n(C)c(=[SH+])[n-][n+]1C.Cc1n(C)c(=[SH+])[n-][n+]1C.[Au]. The summed E-state index contributed by atoms with van der Waals surface area (Å²) in [5, 5.41) is 8.11. The van der Waals surface area contributed by atoms with E-state index in [0.717, 1.165) is 21.2 Å². The molecule has 1 radical (unpaired) electrons. The number of aryl methyl sites for hydroxylation is 2. The molecule has 2 aromatic rings. The van der Waals surface area contributed by atoms with Gasteiger partial charge in [-0.05, 0) is 0 Å². The van der Waals surface area contributed by atoms with Gasteiger partial charge in [0.15, 0.2) is 0 Å². The molecule has 0 bridgehead atoms. The number of hydrogen-bond donors (Lipinski definition) is 0. The van der Waals surface area contributed by atoms with Gasteiger partial charge in [-0.3, -0.25) is 0 Å². The van der Waals surface area contributed by atoms with Crippen molar-refractivity contribution < 1.29 is 31.7 Å². The van der Waals surface area contributed by atoms with Crippen LogP contribution in [0.5, 0.6) is 0 Å². The molecule has 0 atom stereocenters. The predicted octanol–water partition coefficient (Wildman–Crippen LogP) is -2.15. The van der Waals surface area contributed by atoms with Gasteiger partial charge >= 0.3 is 9.54 Å². The summed E-state index contributed by atoms with van der Waals surface area (Å²) < 4.78 is 8.92. The summed E-state index contributed by atoms with van der Waals surface area (Å²) in [4.78, 5) is 0. The second kappa shape index (κ2) is 7.30. The minimum atomic E-state index is 0. The van der Waals surface area contributed by atoms with Crippen LogP contribution in [0.4, 0.5) is 0 Å². The van der Waals surface area contributed by atoms with E-state index in [9.17, 15) is 0 Å². The third kappa shape index (κ3) is 4.22. The molecule has 0 unspecified atom stereocenters. The molecule has 0 saturated heterocycles. The molecule has 2 aromatic heterocycles. The standard InChI is InChI=1S/2C5H9N3S.Au/c2*1-4-7(2)5(9)6-8(4)3;/h2*1-3H3;/p+2. The van der Waals surface area contributed by atoms with E-state index < -0.39 is 0 Å². The Morgan fingerprint density at radius 3 is 1.16 bits per heavy atom. The zero-order chi connectivity index (χ0) is 14.0. The average molecular weight is 485 g/mol. The molecule has 0 saturated carbocycles. The van der Waals surface area contributed by atoms with Crippen LogP contribution in [-0.4, -0.2) is 9.13 Å². The molecule has 0 aliphatic carbocycles. The smallest absolute Gasteiger partial charge is 0.224 e. The molecule has 0 aromatic carbocycles. The van der Waals surface area contributed by atoms with E-state index in [4.69, 9.17) is 0 Å². The van der Waals surface area contributed by atoms with Crippen LogP contribution in [0.2, 0.25) is 0 Å².